The first kappa shape index (κ1) is 23.1. The first-order chi connectivity index (χ1) is 13.4. The van der Waals surface area contributed by atoms with Crippen LogP contribution in [-0.2, 0) is 20.9 Å². The number of amides is 1. The average Bonchev–Trinajstić information content (AvgIpc) is 2.69. The molecule has 1 aromatic carbocycles. The van der Waals surface area contributed by atoms with Crippen LogP contribution in [0.2, 0.25) is 0 Å². The number of nitrogens with one attached hydrogen (secondary N) is 2. The molecule has 0 heterocycles. The van der Waals surface area contributed by atoms with Crippen molar-refractivity contribution in [3.05, 3.63) is 27.8 Å². The summed E-state index contributed by atoms with van der Waals surface area (Å²) >= 11 is 0. The van der Waals surface area contributed by atoms with Gasteiger partial charge in [-0.15, -0.1) is 0 Å². The number of hydrogen-bond donors (Lipinski definition) is 3. The lowest BCUT2D eigenvalue weighted by atomic mass is 10.1. The monoisotopic (exact) mass is 398 g/mol. The van der Waals surface area contributed by atoms with Gasteiger partial charge < -0.3 is 30.6 Å². The van der Waals surface area contributed by atoms with Crippen LogP contribution in [0.25, 0.3) is 0 Å². The minimum atomic E-state index is -0.540. The molecule has 28 heavy (non-hydrogen) atoms. The van der Waals surface area contributed by atoms with Crippen LogP contribution in [0.5, 0.6) is 11.5 Å². The Kier molecular flexibility index (Phi) is 10.3. The Hall–Kier alpha value is -2.92. The van der Waals surface area contributed by atoms with Crippen molar-refractivity contribution >= 4 is 17.6 Å². The molecule has 0 aliphatic rings. The Morgan fingerprint density at radius 2 is 2.04 bits per heavy atom. The van der Waals surface area contributed by atoms with E-state index in [2.05, 4.69) is 15.4 Å². The Bertz CT molecular complexity index is 682. The fourth-order valence-corrected chi connectivity index (χ4v) is 2.33. The normalized spacial score (nSPS) is 10.2. The lowest BCUT2D eigenvalue weighted by molar-refractivity contribution is -0.385. The molecule has 11 heteroatoms. The van der Waals surface area contributed by atoms with Crippen molar-refractivity contribution < 1.29 is 28.7 Å². The summed E-state index contributed by atoms with van der Waals surface area (Å²) in [5, 5.41) is 16.8. The van der Waals surface area contributed by atoms with Gasteiger partial charge in [-0.05, 0) is 12.5 Å². The number of hydrogen-bond acceptors (Lipinski definition) is 9. The average molecular weight is 398 g/mol. The topological polar surface area (TPSA) is 155 Å². The van der Waals surface area contributed by atoms with Crippen molar-refractivity contribution in [2.45, 2.75) is 19.4 Å². The van der Waals surface area contributed by atoms with Crippen molar-refractivity contribution in [1.82, 2.24) is 10.6 Å². The molecule has 0 atom stereocenters. The standard InChI is InChI=1S/C17H26N4O7/c1-26-14-6-5-13(21(24)25)12(10-19-11-16(23)27-2)17(14)28-9-3-4-15(22)20-8-7-18/h5-6,19H,3-4,7-11,18H2,1-2H3,(H,20,22). The van der Waals surface area contributed by atoms with Crippen LogP contribution in [0, 0.1) is 10.1 Å². The number of carbonyl (C=O) groups excluding carboxylic acids is 2. The van der Waals surface area contributed by atoms with E-state index in [0.717, 1.165) is 0 Å². The molecule has 0 aliphatic carbocycles. The second kappa shape index (κ2) is 12.5. The molecule has 0 saturated heterocycles. The maximum Gasteiger partial charge on any atom is 0.319 e. The molecule has 0 unspecified atom stereocenters. The van der Waals surface area contributed by atoms with Crippen LogP contribution in [0.1, 0.15) is 18.4 Å². The smallest absolute Gasteiger partial charge is 0.319 e. The summed E-state index contributed by atoms with van der Waals surface area (Å²) in [5.74, 6) is -0.152. The molecule has 4 N–H and O–H groups in total. The first-order valence-corrected chi connectivity index (χ1v) is 8.65. The van der Waals surface area contributed by atoms with E-state index in [1.54, 1.807) is 0 Å². The summed E-state index contributed by atoms with van der Waals surface area (Å²) in [4.78, 5) is 33.7. The second-order valence-electron chi connectivity index (χ2n) is 5.62. The predicted octanol–water partition coefficient (Wildman–Crippen LogP) is 0.0999. The Morgan fingerprint density at radius 3 is 2.64 bits per heavy atom. The quantitative estimate of drug-likeness (QED) is 0.181. The molecule has 1 amide bonds. The number of ether oxygens (including phenoxy) is 3. The number of nitrogens with zero attached hydrogens (tertiary/aromatic N) is 1. The molecule has 11 nitrogen and oxygen atoms in total. The molecular weight excluding hydrogens is 372 g/mol. The van der Waals surface area contributed by atoms with Gasteiger partial charge in [0.15, 0.2) is 11.5 Å². The number of methoxy groups -OCH3 is 2. The van der Waals surface area contributed by atoms with Gasteiger partial charge in [-0.25, -0.2) is 0 Å². The van der Waals surface area contributed by atoms with Crippen molar-refractivity contribution in [3.8, 4) is 11.5 Å². The van der Waals surface area contributed by atoms with E-state index >= 15 is 0 Å². The molecule has 0 saturated carbocycles. The number of nitro benzene ring substituents is 1. The summed E-state index contributed by atoms with van der Waals surface area (Å²) in [6.45, 7) is 0.779. The van der Waals surface area contributed by atoms with E-state index in [1.165, 1.54) is 26.4 Å². The highest BCUT2D eigenvalue weighted by atomic mass is 16.6. The van der Waals surface area contributed by atoms with Crippen LogP contribution in [-0.4, -0.2) is 57.3 Å². The van der Waals surface area contributed by atoms with Gasteiger partial charge in [0.1, 0.15) is 0 Å². The van der Waals surface area contributed by atoms with Crippen LogP contribution < -0.4 is 25.8 Å². The highest BCUT2D eigenvalue weighted by Gasteiger charge is 2.23. The fourth-order valence-electron chi connectivity index (χ4n) is 2.33. The van der Waals surface area contributed by atoms with Gasteiger partial charge >= 0.3 is 5.97 Å². The van der Waals surface area contributed by atoms with Crippen LogP contribution >= 0.6 is 0 Å². The maximum atomic E-state index is 11.6. The van der Waals surface area contributed by atoms with Gasteiger partial charge in [-0.2, -0.15) is 0 Å². The third-order valence-electron chi connectivity index (χ3n) is 3.68. The van der Waals surface area contributed by atoms with E-state index < -0.39 is 10.9 Å². The molecule has 0 aliphatic heterocycles. The molecule has 0 radical (unpaired) electrons. The number of rotatable bonds is 13. The van der Waals surface area contributed by atoms with Gasteiger partial charge in [-0.3, -0.25) is 19.7 Å². The van der Waals surface area contributed by atoms with Crippen LogP contribution in [0.4, 0.5) is 5.69 Å². The SMILES string of the molecule is COC(=O)CNCc1c([N+](=O)[O-])ccc(OC)c1OCCCC(=O)NCCN. The summed E-state index contributed by atoms with van der Waals surface area (Å²) in [6.07, 6.45) is 0.629. The molecular formula is C17H26N4O7. The van der Waals surface area contributed by atoms with Crippen LogP contribution in [0.3, 0.4) is 0 Å². The van der Waals surface area contributed by atoms with Crippen molar-refractivity contribution in [2.24, 2.45) is 5.73 Å². The van der Waals surface area contributed by atoms with E-state index in [9.17, 15) is 19.7 Å². The highest BCUT2D eigenvalue weighted by molar-refractivity contribution is 5.75. The molecule has 0 aromatic heterocycles. The summed E-state index contributed by atoms with van der Waals surface area (Å²) in [7, 11) is 2.66. The van der Waals surface area contributed by atoms with Gasteiger partial charge in [0.2, 0.25) is 5.91 Å². The van der Waals surface area contributed by atoms with Gasteiger partial charge in [0.05, 0.1) is 37.9 Å². The summed E-state index contributed by atoms with van der Waals surface area (Å²) < 4.78 is 15.5. The molecule has 0 bridgehead atoms. The highest BCUT2D eigenvalue weighted by Crippen LogP contribution is 2.37. The van der Waals surface area contributed by atoms with Crippen molar-refractivity contribution in [1.29, 1.82) is 0 Å². The lowest BCUT2D eigenvalue weighted by Gasteiger charge is -2.16. The largest absolute Gasteiger partial charge is 0.493 e. The number of esters is 1. The Morgan fingerprint density at radius 1 is 1.29 bits per heavy atom. The molecule has 1 rings (SSSR count). The van der Waals surface area contributed by atoms with Gasteiger partial charge in [-0.1, -0.05) is 0 Å². The second-order valence-corrected chi connectivity index (χ2v) is 5.62. The van der Waals surface area contributed by atoms with Crippen LogP contribution in [0.15, 0.2) is 12.1 Å². The number of carbonyl (C=O) groups is 2. The van der Waals surface area contributed by atoms with E-state index in [0.29, 0.717) is 25.3 Å². The van der Waals surface area contributed by atoms with Gasteiger partial charge in [0, 0.05) is 32.1 Å². The minimum Gasteiger partial charge on any atom is -0.493 e. The van der Waals surface area contributed by atoms with E-state index in [1.807, 2.05) is 0 Å². The molecule has 0 fully saturated rings. The van der Waals surface area contributed by atoms with E-state index in [4.69, 9.17) is 15.2 Å². The summed E-state index contributed by atoms with van der Waals surface area (Å²) in [6, 6.07) is 2.74. The summed E-state index contributed by atoms with van der Waals surface area (Å²) in [5.41, 5.74) is 5.38. The number of benzene rings is 1. The van der Waals surface area contributed by atoms with Crippen molar-refractivity contribution in [2.75, 3.05) is 40.5 Å². The van der Waals surface area contributed by atoms with Gasteiger partial charge in [0.25, 0.3) is 5.69 Å². The molecule has 1 aromatic rings. The molecule has 0 spiro atoms. The first-order valence-electron chi connectivity index (χ1n) is 8.65. The third-order valence-corrected chi connectivity index (χ3v) is 3.68. The number of nitro groups is 1. The lowest BCUT2D eigenvalue weighted by Crippen LogP contribution is -2.29. The molecule has 156 valence electrons. The predicted molar refractivity (Wildman–Crippen MR) is 100 cm³/mol. The Labute approximate surface area is 162 Å². The zero-order valence-corrected chi connectivity index (χ0v) is 16.0. The number of nitrogens with two attached hydrogens (primary N) is 1. The zero-order valence-electron chi connectivity index (χ0n) is 16.0. The third kappa shape index (κ3) is 7.37. The fraction of sp³-hybridized carbons (Fsp3) is 0.529. The minimum absolute atomic E-state index is 0.00503. The zero-order chi connectivity index (χ0) is 20.9. The van der Waals surface area contributed by atoms with Crippen molar-refractivity contribution in [3.63, 3.8) is 0 Å². The van der Waals surface area contributed by atoms with E-state index in [-0.39, 0.29) is 49.0 Å². The Balaban J connectivity index is 2.87. The maximum absolute atomic E-state index is 11.6.